The molecule has 0 radical (unpaired) electrons. The van der Waals surface area contributed by atoms with Crippen molar-refractivity contribution in [1.29, 1.82) is 0 Å². The zero-order valence-electron chi connectivity index (χ0n) is 24.9. The number of fused-ring (bicyclic) bond motifs is 1. The summed E-state index contributed by atoms with van der Waals surface area (Å²) in [6.07, 6.45) is -4.44. The summed E-state index contributed by atoms with van der Waals surface area (Å²) >= 11 is 0. The quantitative estimate of drug-likeness (QED) is 0.351. The first-order valence-corrected chi connectivity index (χ1v) is 12.9. The van der Waals surface area contributed by atoms with E-state index < -0.39 is 65.8 Å². The molecule has 3 heterocycles. The first kappa shape index (κ1) is 32.2. The molecule has 2 aromatic rings. The molecule has 230 valence electrons. The number of amides is 2. The van der Waals surface area contributed by atoms with Gasteiger partial charge in [0.05, 0.1) is 6.33 Å². The third-order valence-electron chi connectivity index (χ3n) is 5.32. The van der Waals surface area contributed by atoms with Crippen LogP contribution in [-0.4, -0.2) is 85.7 Å². The molecule has 0 aliphatic carbocycles. The largest absolute Gasteiger partial charge is 0.463 e. The average Bonchev–Trinajstić information content (AvgIpc) is 3.37. The van der Waals surface area contributed by atoms with Crippen LogP contribution in [0, 0.1) is 0 Å². The van der Waals surface area contributed by atoms with Gasteiger partial charge in [0.25, 0.3) is 0 Å². The SMILES string of the molecule is CC(=O)OC[C@H]1O[C@@H](n2cnc3c(N(C(=O)OC(C)(C)C)C(=O)OC(C)(C)C)ncnc32)[C@H](OC(C)=O)[C@@H]1OC(C)=O. The van der Waals surface area contributed by atoms with Gasteiger partial charge in [-0.05, 0) is 41.5 Å². The van der Waals surface area contributed by atoms with E-state index in [1.165, 1.54) is 17.8 Å². The Morgan fingerprint density at radius 2 is 1.38 bits per heavy atom. The van der Waals surface area contributed by atoms with Crippen LogP contribution in [0.25, 0.3) is 11.2 Å². The molecule has 16 nitrogen and oxygen atoms in total. The zero-order chi connectivity index (χ0) is 31.6. The summed E-state index contributed by atoms with van der Waals surface area (Å²) in [5, 5.41) is 0. The summed E-state index contributed by atoms with van der Waals surface area (Å²) in [6, 6.07) is 0. The van der Waals surface area contributed by atoms with E-state index in [1.807, 2.05) is 0 Å². The number of hydrogen-bond acceptors (Lipinski definition) is 14. The van der Waals surface area contributed by atoms with Crippen molar-refractivity contribution in [3.63, 3.8) is 0 Å². The lowest BCUT2D eigenvalue weighted by Crippen LogP contribution is -2.44. The summed E-state index contributed by atoms with van der Waals surface area (Å²) in [5.41, 5.74) is -1.93. The van der Waals surface area contributed by atoms with E-state index >= 15 is 0 Å². The topological polar surface area (TPSA) is 188 Å². The molecule has 1 aliphatic heterocycles. The Hall–Kier alpha value is -4.34. The third kappa shape index (κ3) is 7.90. The van der Waals surface area contributed by atoms with Crippen LogP contribution in [0.3, 0.4) is 0 Å². The molecule has 1 aliphatic rings. The fourth-order valence-corrected chi connectivity index (χ4v) is 3.97. The Morgan fingerprint density at radius 3 is 1.88 bits per heavy atom. The second-order valence-electron chi connectivity index (χ2n) is 11.3. The Morgan fingerprint density at radius 1 is 0.833 bits per heavy atom. The van der Waals surface area contributed by atoms with E-state index in [1.54, 1.807) is 41.5 Å². The number of anilines is 1. The molecule has 0 saturated carbocycles. The van der Waals surface area contributed by atoms with Gasteiger partial charge in [-0.15, -0.1) is 0 Å². The van der Waals surface area contributed by atoms with Crippen LogP contribution in [-0.2, 0) is 42.8 Å². The van der Waals surface area contributed by atoms with Crippen molar-refractivity contribution in [2.45, 2.75) is 98.1 Å². The number of ether oxygens (including phenoxy) is 6. The predicted octanol–water partition coefficient (Wildman–Crippen LogP) is 2.83. The highest BCUT2D eigenvalue weighted by Crippen LogP contribution is 2.37. The first-order valence-electron chi connectivity index (χ1n) is 12.9. The van der Waals surface area contributed by atoms with Crippen molar-refractivity contribution >= 4 is 47.1 Å². The van der Waals surface area contributed by atoms with Crippen LogP contribution in [0.4, 0.5) is 15.4 Å². The van der Waals surface area contributed by atoms with Crippen molar-refractivity contribution in [3.05, 3.63) is 12.7 Å². The molecule has 1 saturated heterocycles. The molecule has 0 spiro atoms. The molecule has 16 heteroatoms. The molecule has 0 aromatic carbocycles. The molecular weight excluding hydrogens is 558 g/mol. The van der Waals surface area contributed by atoms with Crippen LogP contribution >= 0.6 is 0 Å². The number of rotatable bonds is 6. The van der Waals surface area contributed by atoms with Crippen LogP contribution in [0.5, 0.6) is 0 Å². The molecule has 3 rings (SSSR count). The number of aromatic nitrogens is 4. The van der Waals surface area contributed by atoms with Crippen LogP contribution in [0.2, 0.25) is 0 Å². The van der Waals surface area contributed by atoms with Crippen LogP contribution in [0.1, 0.15) is 68.5 Å². The Balaban J connectivity index is 2.13. The van der Waals surface area contributed by atoms with Gasteiger partial charge in [0, 0.05) is 20.8 Å². The molecule has 42 heavy (non-hydrogen) atoms. The molecule has 0 bridgehead atoms. The minimum absolute atomic E-state index is 0.0353. The summed E-state index contributed by atoms with van der Waals surface area (Å²) in [4.78, 5) is 75.1. The first-order chi connectivity index (χ1) is 19.4. The number of nitrogens with zero attached hydrogens (tertiary/aromatic N) is 5. The maximum absolute atomic E-state index is 13.2. The monoisotopic (exact) mass is 593 g/mol. The number of imide groups is 1. The Kier molecular flexibility index (Phi) is 9.39. The molecule has 0 N–H and O–H groups in total. The van der Waals surface area contributed by atoms with Gasteiger partial charge in [0.15, 0.2) is 35.4 Å². The standard InChI is InChI=1S/C26H35N5O11/c1-13(32)37-10-16-18(38-14(2)33)19(39-15(3)34)22(40-16)30-12-29-17-20(30)27-11-28-21(17)31(23(35)41-25(4,5)6)24(36)42-26(7,8)9/h11-12,16,18-19,22H,10H2,1-9H3/t16-,18-,19-,22-/m1/s1. The third-order valence-corrected chi connectivity index (χ3v) is 5.32. The lowest BCUT2D eigenvalue weighted by Gasteiger charge is -2.28. The van der Waals surface area contributed by atoms with Crippen molar-refractivity contribution in [1.82, 2.24) is 19.5 Å². The maximum atomic E-state index is 13.2. The van der Waals surface area contributed by atoms with Gasteiger partial charge in [0.2, 0.25) is 0 Å². The fourth-order valence-electron chi connectivity index (χ4n) is 3.97. The van der Waals surface area contributed by atoms with E-state index in [2.05, 4.69) is 15.0 Å². The molecule has 0 unspecified atom stereocenters. The summed E-state index contributed by atoms with van der Waals surface area (Å²) in [5.74, 6) is -2.26. The van der Waals surface area contributed by atoms with E-state index in [4.69, 9.17) is 28.4 Å². The summed E-state index contributed by atoms with van der Waals surface area (Å²) in [6.45, 7) is 13.0. The highest BCUT2D eigenvalue weighted by molar-refractivity contribution is 6.12. The number of esters is 3. The average molecular weight is 594 g/mol. The van der Waals surface area contributed by atoms with E-state index in [9.17, 15) is 24.0 Å². The Bertz CT molecular complexity index is 1330. The van der Waals surface area contributed by atoms with E-state index in [0.717, 1.165) is 20.2 Å². The number of imidazole rings is 1. The van der Waals surface area contributed by atoms with Crippen molar-refractivity contribution in [3.8, 4) is 0 Å². The number of carbonyl (C=O) groups excluding carboxylic acids is 5. The highest BCUT2D eigenvalue weighted by atomic mass is 16.7. The number of hydrogen-bond donors (Lipinski definition) is 0. The summed E-state index contributed by atoms with van der Waals surface area (Å²) in [7, 11) is 0. The van der Waals surface area contributed by atoms with Crippen molar-refractivity contribution in [2.75, 3.05) is 11.5 Å². The maximum Gasteiger partial charge on any atom is 0.425 e. The smallest absolute Gasteiger partial charge is 0.425 e. The van der Waals surface area contributed by atoms with Gasteiger partial charge in [-0.1, -0.05) is 0 Å². The molecule has 2 amide bonds. The minimum Gasteiger partial charge on any atom is -0.463 e. The van der Waals surface area contributed by atoms with Crippen molar-refractivity contribution < 1.29 is 52.4 Å². The van der Waals surface area contributed by atoms with Crippen LogP contribution in [0.15, 0.2) is 12.7 Å². The molecule has 2 aromatic heterocycles. The Labute approximate surface area is 241 Å². The lowest BCUT2D eigenvalue weighted by atomic mass is 10.1. The van der Waals surface area contributed by atoms with Gasteiger partial charge in [-0.25, -0.2) is 24.5 Å². The van der Waals surface area contributed by atoms with Gasteiger partial charge in [-0.2, -0.15) is 4.90 Å². The zero-order valence-corrected chi connectivity index (χ0v) is 24.9. The number of carbonyl (C=O) groups is 5. The minimum atomic E-state index is -1.23. The summed E-state index contributed by atoms with van der Waals surface area (Å²) < 4.78 is 34.2. The normalized spacial score (nSPS) is 20.5. The molecule has 4 atom stereocenters. The van der Waals surface area contributed by atoms with Gasteiger partial charge >= 0.3 is 30.1 Å². The second-order valence-corrected chi connectivity index (χ2v) is 11.3. The highest BCUT2D eigenvalue weighted by Gasteiger charge is 2.51. The second kappa shape index (κ2) is 12.3. The van der Waals surface area contributed by atoms with E-state index in [-0.39, 0.29) is 23.6 Å². The lowest BCUT2D eigenvalue weighted by molar-refractivity contribution is -0.166. The predicted molar refractivity (Wildman–Crippen MR) is 142 cm³/mol. The fraction of sp³-hybridized carbons (Fsp3) is 0.615. The van der Waals surface area contributed by atoms with Crippen molar-refractivity contribution in [2.24, 2.45) is 0 Å². The van der Waals surface area contributed by atoms with Crippen LogP contribution < -0.4 is 4.90 Å². The van der Waals surface area contributed by atoms with Gasteiger partial charge in [0.1, 0.15) is 30.2 Å². The van der Waals surface area contributed by atoms with Gasteiger partial charge in [-0.3, -0.25) is 19.0 Å². The van der Waals surface area contributed by atoms with E-state index in [0.29, 0.717) is 4.90 Å². The van der Waals surface area contributed by atoms with Gasteiger partial charge < -0.3 is 28.4 Å². The molecular formula is C26H35N5O11. The molecule has 1 fully saturated rings.